The summed E-state index contributed by atoms with van der Waals surface area (Å²) in [5.41, 5.74) is 5.44. The first kappa shape index (κ1) is 8.75. The third kappa shape index (κ3) is 2.22. The molecule has 0 radical (unpaired) electrons. The largest absolute Gasteiger partial charge is 1.00 e. The van der Waals surface area contributed by atoms with E-state index in [2.05, 4.69) is 24.2 Å². The molecule has 3 N–H and O–H groups in total. The molecule has 1 heterocycles. The van der Waals surface area contributed by atoms with Crippen LogP contribution in [0, 0.1) is 0 Å². The van der Waals surface area contributed by atoms with E-state index in [0.29, 0.717) is 5.96 Å². The van der Waals surface area contributed by atoms with E-state index < -0.39 is 0 Å². The summed E-state index contributed by atoms with van der Waals surface area (Å²) in [7, 11) is 0. The third-order valence-electron chi connectivity index (χ3n) is 1.11. The van der Waals surface area contributed by atoms with Crippen LogP contribution in [0.5, 0.6) is 0 Å². The molecule has 0 spiro atoms. The van der Waals surface area contributed by atoms with Gasteiger partial charge in [-0.25, -0.2) is 0 Å². The van der Waals surface area contributed by atoms with Crippen LogP contribution in [0.3, 0.4) is 0 Å². The highest BCUT2D eigenvalue weighted by Crippen LogP contribution is 2.05. The van der Waals surface area contributed by atoms with Gasteiger partial charge < -0.3 is 28.0 Å². The molecule has 9 heavy (non-hydrogen) atoms. The second-order valence-electron chi connectivity index (χ2n) is 2.71. The van der Waals surface area contributed by atoms with Crippen molar-refractivity contribution in [3.8, 4) is 0 Å². The van der Waals surface area contributed by atoms with Crippen LogP contribution in [0.25, 0.3) is 0 Å². The average molecular weight is 193 g/mol. The molecule has 1 aliphatic heterocycles. The normalized spacial score (nSPS) is 21.8. The number of nitrogens with one attached hydrogen (secondary N) is 1. The van der Waals surface area contributed by atoms with Crippen molar-refractivity contribution in [2.75, 3.05) is 6.54 Å². The molecule has 4 heteroatoms. The highest BCUT2D eigenvalue weighted by Gasteiger charge is 2.22. The van der Waals surface area contributed by atoms with E-state index in [0.717, 1.165) is 6.54 Å². The van der Waals surface area contributed by atoms with Crippen molar-refractivity contribution in [3.63, 3.8) is 0 Å². The van der Waals surface area contributed by atoms with Crippen LogP contribution in [0.2, 0.25) is 0 Å². The summed E-state index contributed by atoms with van der Waals surface area (Å²) < 4.78 is 0. The van der Waals surface area contributed by atoms with E-state index in [4.69, 9.17) is 5.73 Å². The van der Waals surface area contributed by atoms with Gasteiger partial charge in [0.05, 0.1) is 12.1 Å². The lowest BCUT2D eigenvalue weighted by Gasteiger charge is -2.16. The fourth-order valence-corrected chi connectivity index (χ4v) is 0.709. The lowest BCUT2D eigenvalue weighted by Crippen LogP contribution is -3.00. The van der Waals surface area contributed by atoms with Gasteiger partial charge in [0.2, 0.25) is 0 Å². The zero-order valence-corrected chi connectivity index (χ0v) is 7.20. The Labute approximate surface area is 65.5 Å². The number of rotatable bonds is 0. The van der Waals surface area contributed by atoms with E-state index in [-0.39, 0.29) is 22.5 Å². The Kier molecular flexibility index (Phi) is 2.49. The SMILES string of the molecule is CC1(C)CN=C(N)N1.[Br-]. The molecule has 1 rings (SSSR count). The molecule has 0 bridgehead atoms. The van der Waals surface area contributed by atoms with Crippen LogP contribution in [0.15, 0.2) is 4.99 Å². The van der Waals surface area contributed by atoms with Crippen molar-refractivity contribution >= 4 is 5.96 Å². The molecule has 0 amide bonds. The van der Waals surface area contributed by atoms with Crippen molar-refractivity contribution in [3.05, 3.63) is 0 Å². The van der Waals surface area contributed by atoms with Gasteiger partial charge in [-0.05, 0) is 13.8 Å². The molecular weight excluding hydrogens is 182 g/mol. The molecule has 0 aliphatic carbocycles. The number of nitrogens with zero attached hydrogens (tertiary/aromatic N) is 1. The molecule has 0 aromatic carbocycles. The van der Waals surface area contributed by atoms with E-state index >= 15 is 0 Å². The minimum atomic E-state index is 0. The van der Waals surface area contributed by atoms with Crippen LogP contribution in [0.1, 0.15) is 13.8 Å². The summed E-state index contributed by atoms with van der Waals surface area (Å²) in [4.78, 5) is 3.97. The second kappa shape index (κ2) is 2.56. The first-order valence-electron chi connectivity index (χ1n) is 2.68. The fraction of sp³-hybridized carbons (Fsp3) is 0.800. The summed E-state index contributed by atoms with van der Waals surface area (Å²) in [5, 5.41) is 3.02. The summed E-state index contributed by atoms with van der Waals surface area (Å²) in [6.07, 6.45) is 0. The zero-order chi connectivity index (χ0) is 6.20. The number of hydrogen-bond donors (Lipinski definition) is 2. The van der Waals surface area contributed by atoms with Gasteiger partial charge in [0, 0.05) is 0 Å². The van der Waals surface area contributed by atoms with Gasteiger partial charge in [0.15, 0.2) is 5.96 Å². The van der Waals surface area contributed by atoms with Gasteiger partial charge >= 0.3 is 0 Å². The molecule has 0 saturated carbocycles. The van der Waals surface area contributed by atoms with E-state index in [1.165, 1.54) is 0 Å². The van der Waals surface area contributed by atoms with Crippen molar-refractivity contribution in [2.24, 2.45) is 10.7 Å². The Morgan fingerprint density at radius 3 is 2.33 bits per heavy atom. The molecule has 0 atom stereocenters. The third-order valence-corrected chi connectivity index (χ3v) is 1.11. The molecule has 0 aromatic heterocycles. The molecule has 0 unspecified atom stereocenters. The molecular formula is C5H11BrN3-. The fourth-order valence-electron chi connectivity index (χ4n) is 0.709. The number of aliphatic imine (C=N–C) groups is 1. The Morgan fingerprint density at radius 1 is 1.67 bits per heavy atom. The quantitative estimate of drug-likeness (QED) is 0.423. The van der Waals surface area contributed by atoms with Crippen molar-refractivity contribution < 1.29 is 17.0 Å². The highest BCUT2D eigenvalue weighted by molar-refractivity contribution is 5.80. The minimum absolute atomic E-state index is 0. The molecule has 0 fully saturated rings. The van der Waals surface area contributed by atoms with E-state index in [1.807, 2.05) is 0 Å². The number of nitrogens with two attached hydrogens (primary N) is 1. The zero-order valence-electron chi connectivity index (χ0n) is 5.61. The van der Waals surface area contributed by atoms with Crippen molar-refractivity contribution in [1.82, 2.24) is 5.32 Å². The number of guanidine groups is 1. The van der Waals surface area contributed by atoms with Crippen LogP contribution in [0.4, 0.5) is 0 Å². The maximum absolute atomic E-state index is 5.35. The smallest absolute Gasteiger partial charge is 0.189 e. The molecule has 54 valence electrons. The van der Waals surface area contributed by atoms with Gasteiger partial charge in [-0.15, -0.1) is 0 Å². The maximum atomic E-state index is 5.35. The van der Waals surface area contributed by atoms with Crippen molar-refractivity contribution in [2.45, 2.75) is 19.4 Å². The molecule has 0 aromatic rings. The predicted molar refractivity (Wildman–Crippen MR) is 33.7 cm³/mol. The molecule has 1 aliphatic rings. The van der Waals surface area contributed by atoms with E-state index in [1.54, 1.807) is 0 Å². The maximum Gasteiger partial charge on any atom is 0.189 e. The Hall–Kier alpha value is -0.250. The first-order valence-corrected chi connectivity index (χ1v) is 2.68. The van der Waals surface area contributed by atoms with E-state index in [9.17, 15) is 0 Å². The lowest BCUT2D eigenvalue weighted by molar-refractivity contribution is -0.00000253. The summed E-state index contributed by atoms with van der Waals surface area (Å²) in [5.74, 6) is 0.565. The lowest BCUT2D eigenvalue weighted by atomic mass is 10.1. The average Bonchev–Trinajstić information content (AvgIpc) is 1.82. The highest BCUT2D eigenvalue weighted by atomic mass is 79.9. The predicted octanol–water partition coefficient (Wildman–Crippen LogP) is -3.31. The molecule has 3 nitrogen and oxygen atoms in total. The summed E-state index contributed by atoms with van der Waals surface area (Å²) in [6.45, 7) is 4.92. The van der Waals surface area contributed by atoms with Gasteiger partial charge in [0.25, 0.3) is 0 Å². The van der Waals surface area contributed by atoms with Crippen LogP contribution in [-0.4, -0.2) is 18.0 Å². The number of halogens is 1. The van der Waals surface area contributed by atoms with Gasteiger partial charge in [-0.3, -0.25) is 4.99 Å². The standard InChI is InChI=1S/C5H11N3.BrH/c1-5(2)3-7-4(6)8-5;/h3H2,1-2H3,(H3,6,7,8);1H/p-1. The van der Waals surface area contributed by atoms with Crippen LogP contribution < -0.4 is 28.0 Å². The first-order chi connectivity index (χ1) is 3.60. The Balaban J connectivity index is 0.000000640. The second-order valence-corrected chi connectivity index (χ2v) is 2.71. The number of hydrogen-bond acceptors (Lipinski definition) is 3. The Bertz CT molecular complexity index is 130. The van der Waals surface area contributed by atoms with Gasteiger partial charge in [-0.2, -0.15) is 0 Å². The monoisotopic (exact) mass is 192 g/mol. The van der Waals surface area contributed by atoms with Crippen LogP contribution in [-0.2, 0) is 0 Å². The Morgan fingerprint density at radius 2 is 2.22 bits per heavy atom. The van der Waals surface area contributed by atoms with Crippen LogP contribution >= 0.6 is 0 Å². The molecule has 0 saturated heterocycles. The minimum Gasteiger partial charge on any atom is -1.00 e. The summed E-state index contributed by atoms with van der Waals surface area (Å²) >= 11 is 0. The van der Waals surface area contributed by atoms with Crippen molar-refractivity contribution in [1.29, 1.82) is 0 Å². The van der Waals surface area contributed by atoms with Gasteiger partial charge in [-0.1, -0.05) is 0 Å². The summed E-state index contributed by atoms with van der Waals surface area (Å²) in [6, 6.07) is 0. The van der Waals surface area contributed by atoms with Gasteiger partial charge in [0.1, 0.15) is 0 Å². The topological polar surface area (TPSA) is 50.4 Å².